The lowest BCUT2D eigenvalue weighted by Crippen LogP contribution is -1.99. The fourth-order valence-corrected chi connectivity index (χ4v) is 0.512. The molecule has 0 spiro atoms. The van der Waals surface area contributed by atoms with E-state index in [4.69, 9.17) is 15.3 Å². The first-order valence-corrected chi connectivity index (χ1v) is 4.76. The van der Waals surface area contributed by atoms with Crippen molar-refractivity contribution in [2.24, 2.45) is 0 Å². The topological polar surface area (TPSA) is 94.8 Å². The van der Waals surface area contributed by atoms with Gasteiger partial charge >= 0.3 is 11.9 Å². The van der Waals surface area contributed by atoms with Crippen LogP contribution in [0, 0.1) is 0 Å². The Morgan fingerprint density at radius 2 is 1.50 bits per heavy atom. The molecule has 5 heteroatoms. The van der Waals surface area contributed by atoms with Crippen LogP contribution in [-0.4, -0.2) is 27.3 Å². The zero-order valence-corrected chi connectivity index (χ0v) is 9.94. The molecule has 0 fully saturated rings. The second-order valence-corrected chi connectivity index (χ2v) is 3.01. The minimum absolute atomic E-state index is 0.0255. The minimum atomic E-state index is -1.06. The fraction of sp³-hybridized carbons (Fsp3) is 0.455. The summed E-state index contributed by atoms with van der Waals surface area (Å²) < 4.78 is 0. The summed E-state index contributed by atoms with van der Waals surface area (Å²) in [4.78, 5) is 19.9. The summed E-state index contributed by atoms with van der Waals surface area (Å²) in [5.74, 6) is -1.96. The SMILES string of the molecule is C/C=C(\C)C(=O)O.CC/C(O)=C(/C)C(=O)O. The zero-order chi connectivity index (χ0) is 13.3. The average molecular weight is 230 g/mol. The van der Waals surface area contributed by atoms with Crippen LogP contribution in [0.2, 0.25) is 0 Å². The van der Waals surface area contributed by atoms with Crippen LogP contribution in [0.4, 0.5) is 0 Å². The smallest absolute Gasteiger partial charge is 0.334 e. The van der Waals surface area contributed by atoms with Crippen molar-refractivity contribution >= 4 is 11.9 Å². The number of hydrogen-bond acceptors (Lipinski definition) is 3. The maximum absolute atomic E-state index is 10.1. The molecule has 0 saturated carbocycles. The zero-order valence-electron chi connectivity index (χ0n) is 9.94. The number of aliphatic carboxylic acids is 2. The van der Waals surface area contributed by atoms with Gasteiger partial charge in [0.2, 0.25) is 0 Å². The lowest BCUT2D eigenvalue weighted by atomic mass is 10.2. The van der Waals surface area contributed by atoms with Crippen molar-refractivity contribution in [1.29, 1.82) is 0 Å². The molecule has 16 heavy (non-hydrogen) atoms. The fourth-order valence-electron chi connectivity index (χ4n) is 0.512. The standard InChI is InChI=1S/C6H10O3.C5H8O2/c1-3-5(7)4(2)6(8)9;1-3-4(2)5(6)7/h7H,3H2,1-2H3,(H,8,9);3H,1-2H3,(H,6,7)/b5-4+;4-3+. The molecule has 0 radical (unpaired) electrons. The van der Waals surface area contributed by atoms with Gasteiger partial charge in [-0.3, -0.25) is 0 Å². The molecule has 0 aromatic heterocycles. The van der Waals surface area contributed by atoms with E-state index in [-0.39, 0.29) is 11.3 Å². The van der Waals surface area contributed by atoms with E-state index in [2.05, 4.69) is 0 Å². The van der Waals surface area contributed by atoms with E-state index in [0.717, 1.165) is 0 Å². The first-order chi connectivity index (χ1) is 7.27. The van der Waals surface area contributed by atoms with E-state index in [0.29, 0.717) is 12.0 Å². The van der Waals surface area contributed by atoms with Crippen LogP contribution in [0.15, 0.2) is 23.0 Å². The van der Waals surface area contributed by atoms with E-state index in [9.17, 15) is 9.59 Å². The molecule has 0 aromatic carbocycles. The summed E-state index contributed by atoms with van der Waals surface area (Å²) in [5, 5.41) is 25.2. The van der Waals surface area contributed by atoms with Gasteiger partial charge in [0.15, 0.2) is 0 Å². The number of allylic oxidation sites excluding steroid dienone is 2. The monoisotopic (exact) mass is 230 g/mol. The predicted octanol–water partition coefficient (Wildman–Crippen LogP) is 2.35. The molecule has 0 rings (SSSR count). The van der Waals surface area contributed by atoms with Crippen LogP contribution < -0.4 is 0 Å². The van der Waals surface area contributed by atoms with Gasteiger partial charge in [-0.2, -0.15) is 0 Å². The van der Waals surface area contributed by atoms with Crippen LogP contribution >= 0.6 is 0 Å². The molecule has 0 saturated heterocycles. The number of carbonyl (C=O) groups is 2. The predicted molar refractivity (Wildman–Crippen MR) is 60.3 cm³/mol. The molecule has 0 aliphatic carbocycles. The maximum atomic E-state index is 10.1. The molecule has 0 atom stereocenters. The van der Waals surface area contributed by atoms with Crippen LogP contribution in [0.3, 0.4) is 0 Å². The minimum Gasteiger partial charge on any atom is -0.512 e. The second-order valence-electron chi connectivity index (χ2n) is 3.01. The molecule has 0 aliphatic rings. The highest BCUT2D eigenvalue weighted by Gasteiger charge is 2.04. The van der Waals surface area contributed by atoms with Gasteiger partial charge in [0, 0.05) is 12.0 Å². The first-order valence-electron chi connectivity index (χ1n) is 4.76. The van der Waals surface area contributed by atoms with Crippen molar-refractivity contribution in [2.75, 3.05) is 0 Å². The molecule has 0 amide bonds. The van der Waals surface area contributed by atoms with Gasteiger partial charge in [0.05, 0.1) is 5.57 Å². The Bertz CT molecular complexity index is 312. The van der Waals surface area contributed by atoms with E-state index in [1.807, 2.05) is 0 Å². The van der Waals surface area contributed by atoms with Crippen LogP contribution in [0.1, 0.15) is 34.1 Å². The summed E-state index contributed by atoms with van der Waals surface area (Å²) in [5.41, 5.74) is 0.414. The third-order valence-corrected chi connectivity index (χ3v) is 1.86. The lowest BCUT2D eigenvalue weighted by Gasteiger charge is -1.95. The molecule has 92 valence electrons. The van der Waals surface area contributed by atoms with E-state index in [1.54, 1.807) is 26.8 Å². The first kappa shape index (κ1) is 16.6. The number of hydrogen-bond donors (Lipinski definition) is 3. The van der Waals surface area contributed by atoms with E-state index < -0.39 is 11.9 Å². The molecule has 0 aliphatic heterocycles. The third-order valence-electron chi connectivity index (χ3n) is 1.86. The van der Waals surface area contributed by atoms with Crippen molar-refractivity contribution in [2.45, 2.75) is 34.1 Å². The molecule has 0 aromatic rings. The van der Waals surface area contributed by atoms with Crippen LogP contribution in [0.25, 0.3) is 0 Å². The van der Waals surface area contributed by atoms with Gasteiger partial charge in [-0.25, -0.2) is 9.59 Å². The average Bonchev–Trinajstić information content (AvgIpc) is 2.26. The largest absolute Gasteiger partial charge is 0.512 e. The van der Waals surface area contributed by atoms with E-state index in [1.165, 1.54) is 6.92 Å². The molecule has 3 N–H and O–H groups in total. The normalized spacial score (nSPS) is 12.1. The van der Waals surface area contributed by atoms with Gasteiger partial charge in [-0.1, -0.05) is 13.0 Å². The van der Waals surface area contributed by atoms with Gasteiger partial charge < -0.3 is 15.3 Å². The van der Waals surface area contributed by atoms with Crippen molar-refractivity contribution in [1.82, 2.24) is 0 Å². The number of rotatable bonds is 3. The Morgan fingerprint density at radius 1 is 1.06 bits per heavy atom. The molecule has 0 heterocycles. The van der Waals surface area contributed by atoms with Crippen molar-refractivity contribution in [3.05, 3.63) is 23.0 Å². The van der Waals surface area contributed by atoms with Crippen LogP contribution in [-0.2, 0) is 9.59 Å². The summed E-state index contributed by atoms with van der Waals surface area (Å²) >= 11 is 0. The highest BCUT2D eigenvalue weighted by atomic mass is 16.4. The molecule has 0 unspecified atom stereocenters. The Balaban J connectivity index is 0. The Kier molecular flexibility index (Phi) is 8.86. The summed E-state index contributed by atoms with van der Waals surface area (Å²) in [6.45, 7) is 6.33. The molecular weight excluding hydrogens is 212 g/mol. The summed E-state index contributed by atoms with van der Waals surface area (Å²) in [7, 11) is 0. The Hall–Kier alpha value is -1.78. The van der Waals surface area contributed by atoms with Gasteiger partial charge in [-0.05, 0) is 20.8 Å². The number of aliphatic hydroxyl groups excluding tert-OH is 1. The van der Waals surface area contributed by atoms with Crippen molar-refractivity contribution in [3.63, 3.8) is 0 Å². The summed E-state index contributed by atoms with van der Waals surface area (Å²) in [6, 6.07) is 0. The maximum Gasteiger partial charge on any atom is 0.334 e. The number of aliphatic hydroxyl groups is 1. The highest BCUT2D eigenvalue weighted by Crippen LogP contribution is 2.03. The molecule has 0 bridgehead atoms. The van der Waals surface area contributed by atoms with E-state index >= 15 is 0 Å². The van der Waals surface area contributed by atoms with Gasteiger partial charge in [-0.15, -0.1) is 0 Å². The molecular formula is C11H18O5. The summed E-state index contributed by atoms with van der Waals surface area (Å²) in [6.07, 6.45) is 1.93. The Labute approximate surface area is 94.7 Å². The third kappa shape index (κ3) is 7.61. The van der Waals surface area contributed by atoms with Crippen molar-refractivity contribution < 1.29 is 24.9 Å². The highest BCUT2D eigenvalue weighted by molar-refractivity contribution is 5.86. The Morgan fingerprint density at radius 3 is 1.56 bits per heavy atom. The number of carboxylic acid groups (broad SMARTS) is 2. The van der Waals surface area contributed by atoms with Crippen molar-refractivity contribution in [3.8, 4) is 0 Å². The van der Waals surface area contributed by atoms with Gasteiger partial charge in [0.1, 0.15) is 5.76 Å². The molecule has 5 nitrogen and oxygen atoms in total. The second kappa shape index (κ2) is 8.52. The van der Waals surface area contributed by atoms with Crippen LogP contribution in [0.5, 0.6) is 0 Å². The quantitative estimate of drug-likeness (QED) is 0.511. The number of carboxylic acids is 2. The van der Waals surface area contributed by atoms with Gasteiger partial charge in [0.25, 0.3) is 0 Å². The lowest BCUT2D eigenvalue weighted by molar-refractivity contribution is -0.133.